The van der Waals surface area contributed by atoms with Gasteiger partial charge in [0.05, 0.1) is 12.0 Å². The maximum absolute atomic E-state index is 13.3. The van der Waals surface area contributed by atoms with Crippen molar-refractivity contribution in [3.63, 3.8) is 0 Å². The monoisotopic (exact) mass is 409 g/mol. The highest BCUT2D eigenvalue weighted by atomic mass is 19.1. The van der Waals surface area contributed by atoms with E-state index in [1.165, 1.54) is 18.6 Å². The number of piperidine rings is 1. The number of carbonyl (C=O) groups is 2. The van der Waals surface area contributed by atoms with Crippen molar-refractivity contribution in [2.45, 2.75) is 38.5 Å². The third-order valence-electron chi connectivity index (χ3n) is 5.88. The van der Waals surface area contributed by atoms with Gasteiger partial charge in [-0.2, -0.15) is 0 Å². The molecule has 2 aromatic carbocycles. The summed E-state index contributed by atoms with van der Waals surface area (Å²) >= 11 is 0. The highest BCUT2D eigenvalue weighted by molar-refractivity contribution is 6.02. The third-order valence-corrected chi connectivity index (χ3v) is 5.88. The Kier molecular flexibility index (Phi) is 6.31. The molecule has 2 aliphatic heterocycles. The zero-order valence-corrected chi connectivity index (χ0v) is 17.2. The van der Waals surface area contributed by atoms with E-state index in [1.807, 2.05) is 23.1 Å². The number of hydrogen-bond donors (Lipinski definition) is 1. The number of rotatable bonds is 5. The summed E-state index contributed by atoms with van der Waals surface area (Å²) < 4.78 is 13.1. The normalized spacial score (nSPS) is 16.6. The van der Waals surface area contributed by atoms with Crippen LogP contribution >= 0.6 is 0 Å². The van der Waals surface area contributed by atoms with E-state index in [1.54, 1.807) is 12.1 Å². The first kappa shape index (κ1) is 20.4. The van der Waals surface area contributed by atoms with Crippen LogP contribution in [0.3, 0.4) is 0 Å². The molecule has 2 saturated heterocycles. The van der Waals surface area contributed by atoms with Crippen LogP contribution in [0.2, 0.25) is 0 Å². The van der Waals surface area contributed by atoms with Crippen LogP contribution in [0.4, 0.5) is 15.8 Å². The van der Waals surface area contributed by atoms with E-state index in [0.29, 0.717) is 11.3 Å². The Balaban J connectivity index is 1.53. The summed E-state index contributed by atoms with van der Waals surface area (Å²) in [6.45, 7) is 3.49. The molecule has 4 rings (SSSR count). The predicted molar refractivity (Wildman–Crippen MR) is 116 cm³/mol. The summed E-state index contributed by atoms with van der Waals surface area (Å²) in [6.07, 6.45) is 5.67. The van der Waals surface area contributed by atoms with Crippen molar-refractivity contribution >= 4 is 23.2 Å². The maximum atomic E-state index is 13.3. The molecule has 5 nitrogen and oxygen atoms in total. The van der Waals surface area contributed by atoms with Gasteiger partial charge in [0.15, 0.2) is 0 Å². The molecular formula is C24H28FN3O2. The zero-order valence-electron chi connectivity index (χ0n) is 17.2. The van der Waals surface area contributed by atoms with Gasteiger partial charge in [-0.25, -0.2) is 4.39 Å². The largest absolute Gasteiger partial charge is 0.371 e. The van der Waals surface area contributed by atoms with E-state index in [2.05, 4.69) is 10.2 Å². The number of nitrogens with zero attached hydrogens (tertiary/aromatic N) is 2. The molecule has 2 aromatic rings. The van der Waals surface area contributed by atoms with E-state index in [-0.39, 0.29) is 24.1 Å². The molecule has 0 atom stereocenters. The number of carbonyl (C=O) groups excluding carboxylic acids is 2. The fraction of sp³-hybridized carbons (Fsp3) is 0.417. The third kappa shape index (κ3) is 4.81. The van der Waals surface area contributed by atoms with Gasteiger partial charge in [0.1, 0.15) is 5.82 Å². The van der Waals surface area contributed by atoms with Crippen LogP contribution in [0.1, 0.15) is 48.0 Å². The molecule has 0 aromatic heterocycles. The van der Waals surface area contributed by atoms with Gasteiger partial charge in [-0.3, -0.25) is 9.59 Å². The van der Waals surface area contributed by atoms with E-state index in [0.717, 1.165) is 63.1 Å². The van der Waals surface area contributed by atoms with Gasteiger partial charge in [-0.1, -0.05) is 12.1 Å². The molecule has 0 spiro atoms. The van der Waals surface area contributed by atoms with Crippen molar-refractivity contribution in [2.24, 2.45) is 0 Å². The Bertz CT molecular complexity index is 901. The average Bonchev–Trinajstić information content (AvgIpc) is 3.30. The Morgan fingerprint density at radius 3 is 2.23 bits per heavy atom. The maximum Gasteiger partial charge on any atom is 0.256 e. The average molecular weight is 410 g/mol. The number of amides is 2. The van der Waals surface area contributed by atoms with E-state index < -0.39 is 0 Å². The summed E-state index contributed by atoms with van der Waals surface area (Å²) in [6, 6.07) is 11.5. The highest BCUT2D eigenvalue weighted by Gasteiger charge is 2.25. The van der Waals surface area contributed by atoms with Crippen LogP contribution in [-0.2, 0) is 11.2 Å². The Hall–Kier alpha value is -2.89. The van der Waals surface area contributed by atoms with Crippen LogP contribution in [0.15, 0.2) is 42.5 Å². The van der Waals surface area contributed by atoms with Crippen molar-refractivity contribution in [3.8, 4) is 0 Å². The van der Waals surface area contributed by atoms with Gasteiger partial charge in [0.25, 0.3) is 5.91 Å². The molecule has 158 valence electrons. The first-order valence-electron chi connectivity index (χ1n) is 10.8. The molecule has 0 bridgehead atoms. The van der Waals surface area contributed by atoms with Crippen LogP contribution in [0, 0.1) is 5.82 Å². The Morgan fingerprint density at radius 2 is 1.53 bits per heavy atom. The van der Waals surface area contributed by atoms with E-state index in [9.17, 15) is 14.0 Å². The van der Waals surface area contributed by atoms with E-state index in [4.69, 9.17) is 0 Å². The number of halogens is 1. The van der Waals surface area contributed by atoms with Gasteiger partial charge < -0.3 is 15.1 Å². The second-order valence-electron chi connectivity index (χ2n) is 8.13. The highest BCUT2D eigenvalue weighted by Crippen LogP contribution is 2.29. The SMILES string of the molecule is O=C(Cc1ccc(F)cc1)Nc1ccc(N2CCCC2)c(C(=O)N2CCCCC2)c1. The summed E-state index contributed by atoms with van der Waals surface area (Å²) in [7, 11) is 0. The van der Waals surface area contributed by atoms with Crippen molar-refractivity contribution in [3.05, 3.63) is 59.4 Å². The van der Waals surface area contributed by atoms with Crippen LogP contribution in [0.5, 0.6) is 0 Å². The van der Waals surface area contributed by atoms with Gasteiger partial charge >= 0.3 is 0 Å². The van der Waals surface area contributed by atoms with Crippen LogP contribution < -0.4 is 10.2 Å². The molecule has 30 heavy (non-hydrogen) atoms. The molecule has 2 amide bonds. The predicted octanol–water partition coefficient (Wildman–Crippen LogP) is 4.23. The lowest BCUT2D eigenvalue weighted by Crippen LogP contribution is -2.36. The molecule has 0 saturated carbocycles. The molecule has 0 aliphatic carbocycles. The van der Waals surface area contributed by atoms with Crippen molar-refractivity contribution in [1.29, 1.82) is 0 Å². The number of anilines is 2. The molecule has 1 N–H and O–H groups in total. The smallest absolute Gasteiger partial charge is 0.256 e. The van der Waals surface area contributed by atoms with Crippen molar-refractivity contribution < 1.29 is 14.0 Å². The first-order valence-corrected chi connectivity index (χ1v) is 10.8. The minimum atomic E-state index is -0.322. The standard InChI is InChI=1S/C24H28FN3O2/c25-19-8-6-18(7-9-19)16-23(29)26-20-10-11-22(27-12-4-5-13-27)21(17-20)24(30)28-14-2-1-3-15-28/h6-11,17H,1-5,12-16H2,(H,26,29). The molecule has 0 radical (unpaired) electrons. The number of likely N-dealkylation sites (tertiary alicyclic amines) is 1. The summed E-state index contributed by atoms with van der Waals surface area (Å²) in [5.74, 6) is -0.462. The second kappa shape index (κ2) is 9.28. The van der Waals surface area contributed by atoms with Gasteiger partial charge in [0.2, 0.25) is 5.91 Å². The molecule has 2 fully saturated rings. The first-order chi connectivity index (χ1) is 14.6. The minimum Gasteiger partial charge on any atom is -0.371 e. The lowest BCUT2D eigenvalue weighted by Gasteiger charge is -2.29. The lowest BCUT2D eigenvalue weighted by molar-refractivity contribution is -0.115. The molecule has 0 unspecified atom stereocenters. The van der Waals surface area contributed by atoms with Gasteiger partial charge in [0, 0.05) is 37.6 Å². The Labute approximate surface area is 176 Å². The molecule has 6 heteroatoms. The van der Waals surface area contributed by atoms with Crippen molar-refractivity contribution in [2.75, 3.05) is 36.4 Å². The van der Waals surface area contributed by atoms with E-state index >= 15 is 0 Å². The fourth-order valence-corrected chi connectivity index (χ4v) is 4.28. The second-order valence-corrected chi connectivity index (χ2v) is 8.13. The molecular weight excluding hydrogens is 381 g/mol. The number of hydrogen-bond acceptors (Lipinski definition) is 3. The quantitative estimate of drug-likeness (QED) is 0.804. The molecule has 2 aliphatic rings. The topological polar surface area (TPSA) is 52.7 Å². The van der Waals surface area contributed by atoms with Crippen LogP contribution in [0.25, 0.3) is 0 Å². The fourth-order valence-electron chi connectivity index (χ4n) is 4.28. The number of benzene rings is 2. The van der Waals surface area contributed by atoms with Gasteiger partial charge in [-0.05, 0) is 68.0 Å². The van der Waals surface area contributed by atoms with Crippen molar-refractivity contribution in [1.82, 2.24) is 4.90 Å². The lowest BCUT2D eigenvalue weighted by atomic mass is 10.1. The zero-order chi connectivity index (χ0) is 20.9. The minimum absolute atomic E-state index is 0.0474. The van der Waals surface area contributed by atoms with Gasteiger partial charge in [-0.15, -0.1) is 0 Å². The summed E-state index contributed by atoms with van der Waals surface area (Å²) in [5, 5.41) is 2.90. The Morgan fingerprint density at radius 1 is 0.867 bits per heavy atom. The summed E-state index contributed by atoms with van der Waals surface area (Å²) in [5.41, 5.74) is 2.98. The number of nitrogens with one attached hydrogen (secondary N) is 1. The molecule has 2 heterocycles. The van der Waals surface area contributed by atoms with Crippen LogP contribution in [-0.4, -0.2) is 42.9 Å². The summed E-state index contributed by atoms with van der Waals surface area (Å²) in [4.78, 5) is 30.0.